The molecule has 1 amide bonds. The van der Waals surface area contributed by atoms with Crippen LogP contribution in [0.5, 0.6) is 5.75 Å². The summed E-state index contributed by atoms with van der Waals surface area (Å²) >= 11 is 11.3. The Labute approximate surface area is 103 Å². The summed E-state index contributed by atoms with van der Waals surface area (Å²) in [7, 11) is 0. The van der Waals surface area contributed by atoms with Crippen molar-refractivity contribution in [3.05, 3.63) is 27.7 Å². The standard InChI is InChI=1S/C10H11Cl2NO3/c1-5(4-14)13-10(16)6-2-7(11)9(15)8(12)3-6/h2-3,5,14-15H,4H2,1H3,(H,13,16). The lowest BCUT2D eigenvalue weighted by Gasteiger charge is -2.11. The maximum absolute atomic E-state index is 11.6. The maximum atomic E-state index is 11.6. The molecule has 0 bridgehead atoms. The molecule has 0 aliphatic rings. The van der Waals surface area contributed by atoms with Crippen LogP contribution in [0.25, 0.3) is 0 Å². The van der Waals surface area contributed by atoms with Crippen molar-refractivity contribution in [1.82, 2.24) is 5.32 Å². The second kappa shape index (κ2) is 5.39. The second-order valence-electron chi connectivity index (χ2n) is 3.35. The number of phenols is 1. The quantitative estimate of drug-likeness (QED) is 0.779. The van der Waals surface area contributed by atoms with Crippen LogP contribution in [0.3, 0.4) is 0 Å². The molecule has 0 fully saturated rings. The maximum Gasteiger partial charge on any atom is 0.251 e. The van der Waals surface area contributed by atoms with E-state index in [-0.39, 0.29) is 34.0 Å². The number of carbonyl (C=O) groups is 1. The fourth-order valence-electron chi connectivity index (χ4n) is 1.05. The third-order valence-electron chi connectivity index (χ3n) is 1.93. The summed E-state index contributed by atoms with van der Waals surface area (Å²) in [4.78, 5) is 11.6. The van der Waals surface area contributed by atoms with Crippen LogP contribution in [-0.2, 0) is 0 Å². The van der Waals surface area contributed by atoms with E-state index in [9.17, 15) is 9.90 Å². The summed E-state index contributed by atoms with van der Waals surface area (Å²) in [6, 6.07) is 2.25. The van der Waals surface area contributed by atoms with Gasteiger partial charge in [-0.25, -0.2) is 0 Å². The van der Waals surface area contributed by atoms with Gasteiger partial charge >= 0.3 is 0 Å². The molecule has 0 heterocycles. The van der Waals surface area contributed by atoms with Crippen LogP contribution in [0.2, 0.25) is 10.0 Å². The Hall–Kier alpha value is -0.970. The Kier molecular flexibility index (Phi) is 4.41. The number of hydrogen-bond acceptors (Lipinski definition) is 3. The first-order chi connectivity index (χ1) is 7.45. The number of halogens is 2. The minimum Gasteiger partial charge on any atom is -0.505 e. The van der Waals surface area contributed by atoms with Crippen LogP contribution in [-0.4, -0.2) is 28.8 Å². The van der Waals surface area contributed by atoms with Crippen molar-refractivity contribution in [3.8, 4) is 5.75 Å². The third-order valence-corrected chi connectivity index (χ3v) is 2.51. The first-order valence-corrected chi connectivity index (χ1v) is 5.31. The van der Waals surface area contributed by atoms with Crippen molar-refractivity contribution in [3.63, 3.8) is 0 Å². The Morgan fingerprint density at radius 2 is 1.94 bits per heavy atom. The van der Waals surface area contributed by atoms with Crippen molar-refractivity contribution >= 4 is 29.1 Å². The van der Waals surface area contributed by atoms with Crippen molar-refractivity contribution in [2.75, 3.05) is 6.61 Å². The van der Waals surface area contributed by atoms with Gasteiger partial charge in [0.05, 0.1) is 16.7 Å². The number of benzene rings is 1. The van der Waals surface area contributed by atoms with Crippen LogP contribution in [0.1, 0.15) is 17.3 Å². The van der Waals surface area contributed by atoms with Crippen molar-refractivity contribution in [2.45, 2.75) is 13.0 Å². The van der Waals surface area contributed by atoms with Crippen LogP contribution in [0, 0.1) is 0 Å². The predicted molar refractivity (Wildman–Crippen MR) is 62.1 cm³/mol. The van der Waals surface area contributed by atoms with Gasteiger partial charge in [-0.15, -0.1) is 0 Å². The van der Waals surface area contributed by atoms with Crippen LogP contribution in [0.15, 0.2) is 12.1 Å². The lowest BCUT2D eigenvalue weighted by atomic mass is 10.2. The van der Waals surface area contributed by atoms with Crippen molar-refractivity contribution in [2.24, 2.45) is 0 Å². The number of phenolic OH excluding ortho intramolecular Hbond substituents is 1. The number of aliphatic hydroxyl groups is 1. The van der Waals surface area contributed by atoms with E-state index in [1.165, 1.54) is 12.1 Å². The smallest absolute Gasteiger partial charge is 0.251 e. The molecular weight excluding hydrogens is 253 g/mol. The van der Waals surface area contributed by atoms with E-state index in [0.29, 0.717) is 0 Å². The minimum absolute atomic E-state index is 0.00861. The molecular formula is C10H11Cl2NO3. The highest BCUT2D eigenvalue weighted by Crippen LogP contribution is 2.32. The van der Waals surface area contributed by atoms with E-state index in [4.69, 9.17) is 28.3 Å². The Bertz CT molecular complexity index is 386. The van der Waals surface area contributed by atoms with Gasteiger partial charge in [0.1, 0.15) is 0 Å². The lowest BCUT2D eigenvalue weighted by Crippen LogP contribution is -2.34. The van der Waals surface area contributed by atoms with E-state index in [0.717, 1.165) is 0 Å². The third kappa shape index (κ3) is 3.01. The van der Waals surface area contributed by atoms with Gasteiger partial charge in [-0.3, -0.25) is 4.79 Å². The molecule has 1 rings (SSSR count). The van der Waals surface area contributed by atoms with E-state index < -0.39 is 5.91 Å². The lowest BCUT2D eigenvalue weighted by molar-refractivity contribution is 0.0922. The van der Waals surface area contributed by atoms with Gasteiger partial charge < -0.3 is 15.5 Å². The highest BCUT2D eigenvalue weighted by Gasteiger charge is 2.13. The van der Waals surface area contributed by atoms with Crippen molar-refractivity contribution < 1.29 is 15.0 Å². The van der Waals surface area contributed by atoms with Crippen molar-refractivity contribution in [1.29, 1.82) is 0 Å². The number of aromatic hydroxyl groups is 1. The van der Waals surface area contributed by atoms with Gasteiger partial charge in [0, 0.05) is 11.6 Å². The Morgan fingerprint density at radius 3 is 2.38 bits per heavy atom. The van der Waals surface area contributed by atoms with E-state index >= 15 is 0 Å². The zero-order valence-electron chi connectivity index (χ0n) is 8.50. The summed E-state index contributed by atoms with van der Waals surface area (Å²) in [5.41, 5.74) is 0.230. The highest BCUT2D eigenvalue weighted by atomic mass is 35.5. The number of hydrogen-bond donors (Lipinski definition) is 3. The monoisotopic (exact) mass is 263 g/mol. The summed E-state index contributed by atoms with van der Waals surface area (Å²) in [5.74, 6) is -0.666. The molecule has 1 aromatic rings. The number of aliphatic hydroxyl groups excluding tert-OH is 1. The molecule has 0 aliphatic carbocycles. The Balaban J connectivity index is 2.93. The number of carbonyl (C=O) groups excluding carboxylic acids is 1. The molecule has 0 radical (unpaired) electrons. The van der Waals surface area contributed by atoms with Gasteiger partial charge in [0.25, 0.3) is 5.91 Å². The van der Waals surface area contributed by atoms with Gasteiger partial charge in [-0.1, -0.05) is 23.2 Å². The summed E-state index contributed by atoms with van der Waals surface area (Å²) < 4.78 is 0. The molecule has 16 heavy (non-hydrogen) atoms. The molecule has 3 N–H and O–H groups in total. The number of amides is 1. The summed E-state index contributed by atoms with van der Waals surface area (Å²) in [5, 5.41) is 20.6. The predicted octanol–water partition coefficient (Wildman–Crippen LogP) is 1.81. The molecule has 0 saturated heterocycles. The van der Waals surface area contributed by atoms with Crippen LogP contribution in [0.4, 0.5) is 0 Å². The van der Waals surface area contributed by atoms with Crippen LogP contribution >= 0.6 is 23.2 Å². The first-order valence-electron chi connectivity index (χ1n) is 4.55. The Morgan fingerprint density at radius 1 is 1.44 bits per heavy atom. The number of rotatable bonds is 3. The average Bonchev–Trinajstić information content (AvgIpc) is 2.24. The zero-order valence-corrected chi connectivity index (χ0v) is 10.0. The molecule has 6 heteroatoms. The second-order valence-corrected chi connectivity index (χ2v) is 4.16. The topological polar surface area (TPSA) is 69.6 Å². The summed E-state index contributed by atoms with van der Waals surface area (Å²) in [6.45, 7) is 1.49. The van der Waals surface area contributed by atoms with E-state index in [1.807, 2.05) is 0 Å². The van der Waals surface area contributed by atoms with Gasteiger partial charge in [-0.05, 0) is 19.1 Å². The van der Waals surface area contributed by atoms with Gasteiger partial charge in [-0.2, -0.15) is 0 Å². The number of nitrogens with one attached hydrogen (secondary N) is 1. The minimum atomic E-state index is -0.412. The van der Waals surface area contributed by atoms with Crippen LogP contribution < -0.4 is 5.32 Å². The SMILES string of the molecule is CC(CO)NC(=O)c1cc(Cl)c(O)c(Cl)c1. The molecule has 0 spiro atoms. The van der Waals surface area contributed by atoms with E-state index in [1.54, 1.807) is 6.92 Å². The normalized spacial score (nSPS) is 12.2. The summed E-state index contributed by atoms with van der Waals surface area (Å²) in [6.07, 6.45) is 0. The molecule has 1 aromatic carbocycles. The highest BCUT2D eigenvalue weighted by molar-refractivity contribution is 6.37. The van der Waals surface area contributed by atoms with E-state index in [2.05, 4.69) is 5.32 Å². The average molecular weight is 264 g/mol. The molecule has 4 nitrogen and oxygen atoms in total. The molecule has 0 saturated carbocycles. The molecule has 0 aromatic heterocycles. The largest absolute Gasteiger partial charge is 0.505 e. The zero-order chi connectivity index (χ0) is 12.3. The molecule has 1 unspecified atom stereocenters. The molecule has 1 atom stereocenters. The fourth-order valence-corrected chi connectivity index (χ4v) is 1.54. The molecule has 0 aliphatic heterocycles. The molecule has 88 valence electrons. The fraction of sp³-hybridized carbons (Fsp3) is 0.300. The van der Waals surface area contributed by atoms with Gasteiger partial charge in [0.2, 0.25) is 0 Å². The van der Waals surface area contributed by atoms with Gasteiger partial charge in [0.15, 0.2) is 5.75 Å². The first kappa shape index (κ1) is 13.1.